The van der Waals surface area contributed by atoms with Crippen LogP contribution in [0.4, 0.5) is 0 Å². The molecule has 1 aliphatic heterocycles. The maximum atomic E-state index is 5.99. The molecule has 8 nitrogen and oxygen atoms in total. The molecule has 0 spiro atoms. The van der Waals surface area contributed by atoms with Crippen molar-refractivity contribution in [2.45, 2.75) is 23.7 Å². The number of hydrogen-bond donors (Lipinski definition) is 0. The minimum absolute atomic E-state index is 0.0703. The van der Waals surface area contributed by atoms with Crippen LogP contribution in [0.2, 0.25) is 0 Å². The number of methoxy groups -OCH3 is 1. The van der Waals surface area contributed by atoms with Crippen molar-refractivity contribution in [2.75, 3.05) is 33.4 Å². The number of hydrogen-bond acceptors (Lipinski definition) is 9. The number of nitrogens with zero attached hydrogens (tertiary/aromatic N) is 5. The molecule has 0 amide bonds. The van der Waals surface area contributed by atoms with Crippen molar-refractivity contribution < 1.29 is 13.9 Å². The third-order valence-corrected chi connectivity index (χ3v) is 6.59. The van der Waals surface area contributed by atoms with Crippen LogP contribution in [-0.2, 0) is 11.3 Å². The highest BCUT2D eigenvalue weighted by Crippen LogP contribution is 2.37. The van der Waals surface area contributed by atoms with E-state index in [2.05, 4.69) is 28.1 Å². The third-order valence-electron chi connectivity index (χ3n) is 5.50. The Labute approximate surface area is 196 Å². The highest BCUT2D eigenvalue weighted by atomic mass is 32.2. The SMILES string of the molecule is COc1ccc(-c2nnc([C@H](C)Sc3nc(CN4CCOCC4)nc4ccccc34)o2)cc1. The minimum Gasteiger partial charge on any atom is -0.497 e. The standard InChI is InChI=1S/C24H25N5O3S/c1-16(22-27-28-23(32-22)17-7-9-18(30-2)10-8-17)33-24-19-5-3-4-6-20(19)25-21(26-24)15-29-11-13-31-14-12-29/h3-10,16H,11-15H2,1-2H3/t16-/m0/s1. The van der Waals surface area contributed by atoms with Gasteiger partial charge in [0.05, 0.1) is 37.6 Å². The average Bonchev–Trinajstić information content (AvgIpc) is 3.35. The molecule has 2 aromatic carbocycles. The van der Waals surface area contributed by atoms with Gasteiger partial charge in [-0.15, -0.1) is 10.2 Å². The fourth-order valence-electron chi connectivity index (χ4n) is 3.68. The highest BCUT2D eigenvalue weighted by molar-refractivity contribution is 7.99. The molecule has 4 aromatic rings. The number of para-hydroxylation sites is 1. The first kappa shape index (κ1) is 21.8. The second-order valence-corrected chi connectivity index (χ2v) is 9.11. The van der Waals surface area contributed by atoms with Gasteiger partial charge in [-0.2, -0.15) is 0 Å². The molecule has 0 bridgehead atoms. The largest absolute Gasteiger partial charge is 0.497 e. The van der Waals surface area contributed by atoms with Crippen molar-refractivity contribution in [3.8, 4) is 17.2 Å². The van der Waals surface area contributed by atoms with Gasteiger partial charge in [0, 0.05) is 24.0 Å². The van der Waals surface area contributed by atoms with Gasteiger partial charge in [-0.1, -0.05) is 30.0 Å². The predicted octanol–water partition coefficient (Wildman–Crippen LogP) is 4.37. The van der Waals surface area contributed by atoms with Gasteiger partial charge in [0.15, 0.2) is 0 Å². The van der Waals surface area contributed by atoms with Crippen LogP contribution >= 0.6 is 11.8 Å². The second kappa shape index (κ2) is 9.86. The molecular weight excluding hydrogens is 438 g/mol. The molecule has 0 radical (unpaired) electrons. The van der Waals surface area contributed by atoms with Gasteiger partial charge < -0.3 is 13.9 Å². The van der Waals surface area contributed by atoms with E-state index in [1.165, 1.54) is 0 Å². The third kappa shape index (κ3) is 5.00. The lowest BCUT2D eigenvalue weighted by Gasteiger charge is -2.26. The van der Waals surface area contributed by atoms with E-state index in [-0.39, 0.29) is 5.25 Å². The summed E-state index contributed by atoms with van der Waals surface area (Å²) in [5.41, 5.74) is 1.79. The Bertz CT molecular complexity index is 1220. The van der Waals surface area contributed by atoms with E-state index in [1.807, 2.05) is 42.5 Å². The smallest absolute Gasteiger partial charge is 0.247 e. The van der Waals surface area contributed by atoms with Gasteiger partial charge in [-0.25, -0.2) is 9.97 Å². The summed E-state index contributed by atoms with van der Waals surface area (Å²) in [7, 11) is 1.64. The first-order valence-corrected chi connectivity index (χ1v) is 11.8. The van der Waals surface area contributed by atoms with Gasteiger partial charge >= 0.3 is 0 Å². The quantitative estimate of drug-likeness (QED) is 0.293. The highest BCUT2D eigenvalue weighted by Gasteiger charge is 2.20. The average molecular weight is 464 g/mol. The molecule has 0 saturated carbocycles. The number of thioether (sulfide) groups is 1. The molecule has 3 heterocycles. The summed E-state index contributed by atoms with van der Waals surface area (Å²) < 4.78 is 16.7. The maximum Gasteiger partial charge on any atom is 0.247 e. The summed E-state index contributed by atoms with van der Waals surface area (Å²) >= 11 is 1.61. The van der Waals surface area contributed by atoms with Gasteiger partial charge in [0.1, 0.15) is 16.6 Å². The van der Waals surface area contributed by atoms with E-state index in [0.29, 0.717) is 18.3 Å². The number of benzene rings is 2. The predicted molar refractivity (Wildman–Crippen MR) is 126 cm³/mol. The van der Waals surface area contributed by atoms with Crippen molar-refractivity contribution in [3.63, 3.8) is 0 Å². The van der Waals surface area contributed by atoms with Crippen LogP contribution in [-0.4, -0.2) is 58.5 Å². The molecule has 1 atom stereocenters. The van der Waals surface area contributed by atoms with Crippen molar-refractivity contribution in [3.05, 3.63) is 60.2 Å². The molecule has 0 aliphatic carbocycles. The fourth-order valence-corrected chi connectivity index (χ4v) is 4.67. The summed E-state index contributed by atoms with van der Waals surface area (Å²) in [4.78, 5) is 12.0. The van der Waals surface area contributed by atoms with E-state index < -0.39 is 0 Å². The molecule has 5 rings (SSSR count). The summed E-state index contributed by atoms with van der Waals surface area (Å²) in [6.45, 7) is 6.04. The van der Waals surface area contributed by atoms with E-state index in [4.69, 9.17) is 23.9 Å². The van der Waals surface area contributed by atoms with Crippen LogP contribution < -0.4 is 4.74 Å². The Hall–Kier alpha value is -3.01. The number of fused-ring (bicyclic) bond motifs is 1. The molecule has 33 heavy (non-hydrogen) atoms. The Morgan fingerprint density at radius 3 is 2.61 bits per heavy atom. The molecule has 9 heteroatoms. The van der Waals surface area contributed by atoms with Crippen LogP contribution in [0.5, 0.6) is 5.75 Å². The van der Waals surface area contributed by atoms with E-state index in [1.54, 1.807) is 18.9 Å². The van der Waals surface area contributed by atoms with E-state index in [9.17, 15) is 0 Å². The maximum absolute atomic E-state index is 5.99. The molecule has 1 aliphatic rings. The van der Waals surface area contributed by atoms with Gasteiger partial charge in [0.25, 0.3) is 0 Å². The van der Waals surface area contributed by atoms with Crippen LogP contribution in [0.25, 0.3) is 22.4 Å². The van der Waals surface area contributed by atoms with Crippen LogP contribution in [0.15, 0.2) is 58.0 Å². The molecular formula is C24H25N5O3S. The van der Waals surface area contributed by atoms with Crippen LogP contribution in [0, 0.1) is 0 Å². The molecule has 170 valence electrons. The topological polar surface area (TPSA) is 86.4 Å². The summed E-state index contributed by atoms with van der Waals surface area (Å²) in [6.07, 6.45) is 0. The molecule has 0 N–H and O–H groups in total. The van der Waals surface area contributed by atoms with Gasteiger partial charge in [0.2, 0.25) is 11.8 Å². The van der Waals surface area contributed by atoms with Gasteiger partial charge in [-0.05, 0) is 37.3 Å². The van der Waals surface area contributed by atoms with Gasteiger partial charge in [-0.3, -0.25) is 4.90 Å². The Morgan fingerprint density at radius 1 is 1.03 bits per heavy atom. The number of rotatable bonds is 7. The Morgan fingerprint density at radius 2 is 1.82 bits per heavy atom. The van der Waals surface area contributed by atoms with Crippen LogP contribution in [0.3, 0.4) is 0 Å². The summed E-state index contributed by atoms with van der Waals surface area (Å²) in [5.74, 6) is 2.64. The lowest BCUT2D eigenvalue weighted by atomic mass is 10.2. The number of ether oxygens (including phenoxy) is 2. The summed E-state index contributed by atoms with van der Waals surface area (Å²) in [5, 5.41) is 10.4. The lowest BCUT2D eigenvalue weighted by Crippen LogP contribution is -2.36. The fraction of sp³-hybridized carbons (Fsp3) is 0.333. The normalized spacial score (nSPS) is 15.6. The van der Waals surface area contributed by atoms with E-state index >= 15 is 0 Å². The lowest BCUT2D eigenvalue weighted by molar-refractivity contribution is 0.0330. The van der Waals surface area contributed by atoms with Crippen molar-refractivity contribution >= 4 is 22.7 Å². The zero-order valence-corrected chi connectivity index (χ0v) is 19.4. The monoisotopic (exact) mass is 463 g/mol. The summed E-state index contributed by atoms with van der Waals surface area (Å²) in [6, 6.07) is 15.7. The first-order chi connectivity index (χ1) is 16.2. The molecule has 1 fully saturated rings. The van der Waals surface area contributed by atoms with Crippen molar-refractivity contribution in [1.82, 2.24) is 25.1 Å². The zero-order valence-electron chi connectivity index (χ0n) is 18.6. The minimum atomic E-state index is -0.0703. The molecule has 1 saturated heterocycles. The Kier molecular flexibility index (Phi) is 6.52. The number of aromatic nitrogens is 4. The second-order valence-electron chi connectivity index (χ2n) is 7.78. The zero-order chi connectivity index (χ0) is 22.6. The molecule has 0 unspecified atom stereocenters. The van der Waals surface area contributed by atoms with Crippen molar-refractivity contribution in [2.24, 2.45) is 0 Å². The van der Waals surface area contributed by atoms with Crippen LogP contribution in [0.1, 0.15) is 23.9 Å². The Balaban J connectivity index is 1.38. The first-order valence-electron chi connectivity index (χ1n) is 10.9. The number of morpholine rings is 1. The van der Waals surface area contributed by atoms with E-state index in [0.717, 1.165) is 59.4 Å². The van der Waals surface area contributed by atoms with Crippen molar-refractivity contribution in [1.29, 1.82) is 0 Å². The molecule has 2 aromatic heterocycles.